The van der Waals surface area contributed by atoms with Gasteiger partial charge in [0.15, 0.2) is 9.84 Å². The van der Waals surface area contributed by atoms with Crippen molar-refractivity contribution in [2.24, 2.45) is 23.5 Å². The van der Waals surface area contributed by atoms with Gasteiger partial charge in [-0.2, -0.15) is 0 Å². The molecule has 1 aromatic rings. The Kier molecular flexibility index (Phi) is 8.83. The van der Waals surface area contributed by atoms with Crippen molar-refractivity contribution in [2.45, 2.75) is 26.3 Å². The lowest BCUT2D eigenvalue weighted by molar-refractivity contribution is 0.187. The van der Waals surface area contributed by atoms with E-state index < -0.39 is 9.84 Å². The average Bonchev–Trinajstić information content (AvgIpc) is 3.06. The van der Waals surface area contributed by atoms with Gasteiger partial charge in [-0.05, 0) is 48.4 Å². The summed E-state index contributed by atoms with van der Waals surface area (Å²) in [6, 6.07) is 8.01. The number of nitrogens with two attached hydrogens (primary N) is 1. The highest BCUT2D eigenvalue weighted by molar-refractivity contribution is 7.91. The molecular weight excluding hydrogens is 444 g/mol. The molecule has 0 saturated carbocycles. The standard InChI is InChI=1S/C23H38N4O5S/c1-17-18(2)22-16-26(23(29)25-9-10-28)14-19(17)15-27(22)20-4-6-21(7-5-20)32-11-3-12-33(30,31)13-8-24/h4-7,17-19,22,28H,3,8-16,24H2,1-2H3,(H,25,29)/t17?,18?,19-,22-/m1/s1. The highest BCUT2D eigenvalue weighted by Gasteiger charge is 2.44. The lowest BCUT2D eigenvalue weighted by atomic mass is 9.76. The van der Waals surface area contributed by atoms with Gasteiger partial charge in [-0.25, -0.2) is 13.2 Å². The van der Waals surface area contributed by atoms with Crippen LogP contribution < -0.4 is 20.7 Å². The summed E-state index contributed by atoms with van der Waals surface area (Å²) in [6.45, 7) is 7.47. The third-order valence-electron chi connectivity index (χ3n) is 7.01. The molecule has 33 heavy (non-hydrogen) atoms. The second-order valence-electron chi connectivity index (χ2n) is 9.19. The van der Waals surface area contributed by atoms with Gasteiger partial charge in [-0.15, -0.1) is 0 Å². The molecule has 1 aromatic carbocycles. The lowest BCUT2D eigenvalue weighted by Gasteiger charge is -2.45. The van der Waals surface area contributed by atoms with Crippen LogP contribution in [0.2, 0.25) is 0 Å². The van der Waals surface area contributed by atoms with Gasteiger partial charge in [0.2, 0.25) is 0 Å². The van der Waals surface area contributed by atoms with E-state index in [2.05, 4.69) is 24.1 Å². The third kappa shape index (κ3) is 6.51. The number of carbonyl (C=O) groups excluding carboxylic acids is 1. The topological polar surface area (TPSA) is 125 Å². The van der Waals surface area contributed by atoms with Crippen LogP contribution in [-0.2, 0) is 9.84 Å². The fraction of sp³-hybridized carbons (Fsp3) is 0.696. The smallest absolute Gasteiger partial charge is 0.317 e. The summed E-state index contributed by atoms with van der Waals surface area (Å²) >= 11 is 0. The maximum absolute atomic E-state index is 12.6. The Hall–Kier alpha value is -2.04. The Balaban J connectivity index is 1.61. The van der Waals surface area contributed by atoms with E-state index in [4.69, 9.17) is 15.6 Å². The zero-order chi connectivity index (χ0) is 24.0. The highest BCUT2D eigenvalue weighted by Crippen LogP contribution is 2.39. The van der Waals surface area contributed by atoms with E-state index >= 15 is 0 Å². The number of hydrogen-bond acceptors (Lipinski definition) is 7. The summed E-state index contributed by atoms with van der Waals surface area (Å²) in [7, 11) is -3.10. The predicted molar refractivity (Wildman–Crippen MR) is 129 cm³/mol. The molecule has 0 aromatic heterocycles. The van der Waals surface area contributed by atoms with Gasteiger partial charge in [-0.3, -0.25) is 0 Å². The van der Waals surface area contributed by atoms with E-state index in [9.17, 15) is 13.2 Å². The molecule has 10 heteroatoms. The van der Waals surface area contributed by atoms with Crippen molar-refractivity contribution in [3.05, 3.63) is 24.3 Å². The van der Waals surface area contributed by atoms with Crippen LogP contribution in [0, 0.1) is 17.8 Å². The van der Waals surface area contributed by atoms with Gasteiger partial charge in [0.1, 0.15) is 5.75 Å². The van der Waals surface area contributed by atoms with Crippen molar-refractivity contribution in [1.82, 2.24) is 10.2 Å². The molecule has 3 aliphatic heterocycles. The number of anilines is 1. The normalized spacial score (nSPS) is 25.1. The van der Waals surface area contributed by atoms with Crippen molar-refractivity contribution in [1.29, 1.82) is 0 Å². The lowest BCUT2D eigenvalue weighted by Crippen LogP contribution is -2.52. The third-order valence-corrected chi connectivity index (χ3v) is 8.78. The number of nitrogens with one attached hydrogen (secondary N) is 1. The Labute approximate surface area is 197 Å². The van der Waals surface area contributed by atoms with Crippen molar-refractivity contribution < 1.29 is 23.1 Å². The predicted octanol–water partition coefficient (Wildman–Crippen LogP) is 0.924. The van der Waals surface area contributed by atoms with E-state index in [-0.39, 0.29) is 43.3 Å². The van der Waals surface area contributed by atoms with Gasteiger partial charge < -0.3 is 30.7 Å². The molecule has 2 amide bonds. The number of sulfone groups is 1. The van der Waals surface area contributed by atoms with Crippen LogP contribution in [0.3, 0.4) is 0 Å². The first-order valence-corrected chi connectivity index (χ1v) is 13.6. The van der Waals surface area contributed by atoms with Crippen LogP contribution in [-0.4, -0.2) is 87.9 Å². The number of nitrogens with zero attached hydrogens (tertiary/aromatic N) is 2. The van der Waals surface area contributed by atoms with Gasteiger partial charge >= 0.3 is 6.03 Å². The van der Waals surface area contributed by atoms with Crippen LogP contribution >= 0.6 is 0 Å². The fourth-order valence-corrected chi connectivity index (χ4v) is 6.03. The maximum atomic E-state index is 12.6. The van der Waals surface area contributed by atoms with Crippen molar-refractivity contribution in [3.63, 3.8) is 0 Å². The van der Waals surface area contributed by atoms with E-state index in [1.807, 2.05) is 29.2 Å². The van der Waals surface area contributed by atoms with Crippen LogP contribution in [0.5, 0.6) is 5.75 Å². The molecule has 3 fully saturated rings. The number of carbonyl (C=O) groups is 1. The van der Waals surface area contributed by atoms with Crippen LogP contribution in [0.1, 0.15) is 20.3 Å². The number of piperidine rings is 1. The second-order valence-corrected chi connectivity index (χ2v) is 11.5. The number of urea groups is 1. The first-order chi connectivity index (χ1) is 15.8. The zero-order valence-electron chi connectivity index (χ0n) is 19.7. The minimum atomic E-state index is -3.10. The van der Waals surface area contributed by atoms with Crippen molar-refractivity contribution >= 4 is 21.6 Å². The summed E-state index contributed by atoms with van der Waals surface area (Å²) in [5, 5.41) is 11.8. The highest BCUT2D eigenvalue weighted by atomic mass is 32.2. The SMILES string of the molecule is CC1C(C)[C@H]2CN(C(=O)NCCO)C[C@@H]1CN2c1ccc(OCCCS(=O)(=O)CCN)cc1. The zero-order valence-corrected chi connectivity index (χ0v) is 20.5. The molecule has 3 heterocycles. The molecule has 4 N–H and O–H groups in total. The molecule has 4 atom stereocenters. The van der Waals surface area contributed by atoms with E-state index in [1.165, 1.54) is 0 Å². The second kappa shape index (κ2) is 11.4. The van der Waals surface area contributed by atoms with Gasteiger partial charge in [-0.1, -0.05) is 13.8 Å². The van der Waals surface area contributed by atoms with Gasteiger partial charge in [0.05, 0.1) is 24.7 Å². The largest absolute Gasteiger partial charge is 0.494 e. The first-order valence-electron chi connectivity index (χ1n) is 11.8. The first kappa shape index (κ1) is 25.6. The minimum Gasteiger partial charge on any atom is -0.494 e. The quantitative estimate of drug-likeness (QED) is 0.424. The number of benzene rings is 1. The summed E-state index contributed by atoms with van der Waals surface area (Å²) in [5.41, 5.74) is 6.43. The minimum absolute atomic E-state index is 0.0112. The molecule has 186 valence electrons. The molecule has 9 nitrogen and oxygen atoms in total. The monoisotopic (exact) mass is 482 g/mol. The summed E-state index contributed by atoms with van der Waals surface area (Å²) in [6.07, 6.45) is 0.434. The molecule has 3 saturated heterocycles. The van der Waals surface area contributed by atoms with Gasteiger partial charge in [0.25, 0.3) is 0 Å². The Bertz CT molecular complexity index is 879. The summed E-state index contributed by atoms with van der Waals surface area (Å²) in [4.78, 5) is 16.9. The molecule has 0 radical (unpaired) electrons. The summed E-state index contributed by atoms with van der Waals surface area (Å²) in [5.74, 6) is 2.12. The Morgan fingerprint density at radius 1 is 1.15 bits per heavy atom. The molecule has 0 aliphatic carbocycles. The molecule has 2 unspecified atom stereocenters. The maximum Gasteiger partial charge on any atom is 0.317 e. The Morgan fingerprint density at radius 3 is 2.55 bits per heavy atom. The van der Waals surface area contributed by atoms with Crippen molar-refractivity contribution in [2.75, 3.05) is 62.3 Å². The molecule has 3 aliphatic rings. The van der Waals surface area contributed by atoms with Crippen LogP contribution in [0.4, 0.5) is 10.5 Å². The molecule has 0 spiro atoms. The number of hydrogen-bond donors (Lipinski definition) is 3. The number of ether oxygens (including phenoxy) is 1. The fourth-order valence-electron chi connectivity index (χ4n) is 4.91. The van der Waals surface area contributed by atoms with Crippen LogP contribution in [0.25, 0.3) is 0 Å². The van der Waals surface area contributed by atoms with E-state index in [0.29, 0.717) is 49.6 Å². The van der Waals surface area contributed by atoms with Crippen LogP contribution in [0.15, 0.2) is 24.3 Å². The van der Waals surface area contributed by atoms with E-state index in [0.717, 1.165) is 12.2 Å². The number of aliphatic hydroxyl groups is 1. The molecular formula is C23H38N4O5S. The Morgan fingerprint density at radius 2 is 1.88 bits per heavy atom. The molecule has 2 bridgehead atoms. The molecule has 4 rings (SSSR count). The number of amides is 2. The van der Waals surface area contributed by atoms with Gasteiger partial charge in [0, 0.05) is 44.5 Å². The number of aliphatic hydroxyl groups excluding tert-OH is 1. The average molecular weight is 483 g/mol. The number of fused-ring (bicyclic) bond motifs is 4. The summed E-state index contributed by atoms with van der Waals surface area (Å²) < 4.78 is 29.2. The number of rotatable bonds is 10. The van der Waals surface area contributed by atoms with Crippen molar-refractivity contribution in [3.8, 4) is 5.75 Å². The van der Waals surface area contributed by atoms with E-state index in [1.54, 1.807) is 0 Å².